The molecule has 3 heteroatoms. The topological polar surface area (TPSA) is 52.5 Å². The highest BCUT2D eigenvalue weighted by Gasteiger charge is 2.20. The number of aliphatic hydroxyl groups is 2. The lowest BCUT2D eigenvalue weighted by atomic mass is 9.91. The molecule has 1 aromatic carbocycles. The third-order valence-electron chi connectivity index (χ3n) is 3.11. The van der Waals surface area contributed by atoms with Crippen molar-refractivity contribution in [1.82, 2.24) is 0 Å². The van der Waals surface area contributed by atoms with Crippen molar-refractivity contribution < 1.29 is 10.2 Å². The van der Waals surface area contributed by atoms with Gasteiger partial charge >= 0.3 is 0 Å². The molecule has 3 nitrogen and oxygen atoms in total. The van der Waals surface area contributed by atoms with Crippen LogP contribution in [-0.4, -0.2) is 22.0 Å². The van der Waals surface area contributed by atoms with Gasteiger partial charge in [-0.05, 0) is 50.3 Å². The van der Waals surface area contributed by atoms with E-state index in [1.165, 1.54) is 5.56 Å². The van der Waals surface area contributed by atoms with Crippen LogP contribution in [0.1, 0.15) is 37.0 Å². The average molecular weight is 235 g/mol. The van der Waals surface area contributed by atoms with E-state index >= 15 is 0 Å². The summed E-state index contributed by atoms with van der Waals surface area (Å²) in [5, 5.41) is 22.5. The summed E-state index contributed by atoms with van der Waals surface area (Å²) in [4.78, 5) is 0. The van der Waals surface area contributed by atoms with E-state index in [2.05, 4.69) is 17.4 Å². The van der Waals surface area contributed by atoms with Crippen molar-refractivity contribution in [2.45, 2.75) is 51.9 Å². The maximum atomic E-state index is 9.85. The molecule has 0 amide bonds. The predicted molar refractivity (Wildman–Crippen MR) is 69.1 cm³/mol. The summed E-state index contributed by atoms with van der Waals surface area (Å²) >= 11 is 0. The molecule has 1 aliphatic heterocycles. The standard InChI is InChI=1S/C14H21NO2/c1-9-6-10(8-14(2,3)17)7-11-4-5-12(16)15-13(9)11/h6-7,12,15-17H,4-5,8H2,1-3H3. The second-order valence-electron chi connectivity index (χ2n) is 5.63. The molecule has 0 saturated heterocycles. The number of aliphatic hydroxyl groups excluding tert-OH is 1. The molecule has 17 heavy (non-hydrogen) atoms. The first-order chi connectivity index (χ1) is 7.85. The monoisotopic (exact) mass is 235 g/mol. The molecule has 1 unspecified atom stereocenters. The Kier molecular flexibility index (Phi) is 3.15. The maximum Gasteiger partial charge on any atom is 0.124 e. The van der Waals surface area contributed by atoms with Crippen molar-refractivity contribution in [1.29, 1.82) is 0 Å². The van der Waals surface area contributed by atoms with E-state index in [-0.39, 0.29) is 0 Å². The highest BCUT2D eigenvalue weighted by Crippen LogP contribution is 2.30. The van der Waals surface area contributed by atoms with Gasteiger partial charge < -0.3 is 15.5 Å². The highest BCUT2D eigenvalue weighted by molar-refractivity contribution is 5.60. The van der Waals surface area contributed by atoms with Gasteiger partial charge in [0.1, 0.15) is 6.23 Å². The second-order valence-corrected chi connectivity index (χ2v) is 5.63. The number of aryl methyl sites for hydroxylation is 2. The van der Waals surface area contributed by atoms with Crippen molar-refractivity contribution in [2.75, 3.05) is 5.32 Å². The molecule has 0 spiro atoms. The highest BCUT2D eigenvalue weighted by atomic mass is 16.3. The van der Waals surface area contributed by atoms with Gasteiger partial charge in [0.2, 0.25) is 0 Å². The number of nitrogens with one attached hydrogen (secondary N) is 1. The van der Waals surface area contributed by atoms with Crippen LogP contribution in [0.2, 0.25) is 0 Å². The van der Waals surface area contributed by atoms with Gasteiger partial charge in [0.25, 0.3) is 0 Å². The fourth-order valence-corrected chi connectivity index (χ4v) is 2.48. The molecule has 0 saturated carbocycles. The average Bonchev–Trinajstić information content (AvgIpc) is 2.17. The second kappa shape index (κ2) is 4.31. The zero-order valence-electron chi connectivity index (χ0n) is 10.7. The van der Waals surface area contributed by atoms with E-state index < -0.39 is 11.8 Å². The van der Waals surface area contributed by atoms with Gasteiger partial charge in [0, 0.05) is 12.1 Å². The molecule has 1 aliphatic rings. The molecular formula is C14H21NO2. The van der Waals surface area contributed by atoms with Crippen molar-refractivity contribution in [3.05, 3.63) is 28.8 Å². The first-order valence-electron chi connectivity index (χ1n) is 6.14. The Morgan fingerprint density at radius 2 is 2.12 bits per heavy atom. The summed E-state index contributed by atoms with van der Waals surface area (Å²) in [5.74, 6) is 0. The van der Waals surface area contributed by atoms with Crippen molar-refractivity contribution in [3.8, 4) is 0 Å². The number of hydrogen-bond acceptors (Lipinski definition) is 3. The lowest BCUT2D eigenvalue weighted by Crippen LogP contribution is -2.26. The molecule has 0 fully saturated rings. The van der Waals surface area contributed by atoms with Gasteiger partial charge in [-0.15, -0.1) is 0 Å². The molecule has 1 atom stereocenters. The lowest BCUT2D eigenvalue weighted by molar-refractivity contribution is 0.0809. The van der Waals surface area contributed by atoms with E-state index in [1.807, 2.05) is 20.8 Å². The van der Waals surface area contributed by atoms with Crippen LogP contribution in [0.15, 0.2) is 12.1 Å². The van der Waals surface area contributed by atoms with Crippen molar-refractivity contribution in [2.24, 2.45) is 0 Å². The number of hydrogen-bond donors (Lipinski definition) is 3. The molecule has 1 heterocycles. The van der Waals surface area contributed by atoms with Crippen LogP contribution in [0.3, 0.4) is 0 Å². The Balaban J connectivity index is 2.31. The fraction of sp³-hybridized carbons (Fsp3) is 0.571. The maximum absolute atomic E-state index is 9.85. The van der Waals surface area contributed by atoms with E-state index in [1.54, 1.807) is 0 Å². The number of fused-ring (bicyclic) bond motifs is 1. The Hall–Kier alpha value is -1.06. The van der Waals surface area contributed by atoms with Gasteiger partial charge in [0.05, 0.1) is 5.60 Å². The van der Waals surface area contributed by atoms with Gasteiger partial charge in [0.15, 0.2) is 0 Å². The van der Waals surface area contributed by atoms with Crippen molar-refractivity contribution in [3.63, 3.8) is 0 Å². The smallest absolute Gasteiger partial charge is 0.124 e. The summed E-state index contributed by atoms with van der Waals surface area (Å²) in [5.41, 5.74) is 3.92. The van der Waals surface area contributed by atoms with Crippen LogP contribution in [0.5, 0.6) is 0 Å². The Labute approximate surface area is 102 Å². The van der Waals surface area contributed by atoms with E-state index in [4.69, 9.17) is 0 Å². The minimum absolute atomic E-state index is 0.429. The zero-order valence-corrected chi connectivity index (χ0v) is 10.7. The minimum atomic E-state index is -0.678. The van der Waals surface area contributed by atoms with E-state index in [0.29, 0.717) is 6.42 Å². The number of rotatable bonds is 2. The first kappa shape index (κ1) is 12.4. The molecule has 2 rings (SSSR count). The van der Waals surface area contributed by atoms with Crippen LogP contribution in [0.4, 0.5) is 5.69 Å². The summed E-state index contributed by atoms with van der Waals surface area (Å²) in [7, 11) is 0. The predicted octanol–water partition coefficient (Wildman–Crippen LogP) is 1.98. The summed E-state index contributed by atoms with van der Waals surface area (Å²) < 4.78 is 0. The molecule has 0 bridgehead atoms. The molecule has 0 aromatic heterocycles. The van der Waals surface area contributed by atoms with Crippen molar-refractivity contribution >= 4 is 5.69 Å². The number of anilines is 1. The lowest BCUT2D eigenvalue weighted by Gasteiger charge is -2.26. The normalized spacial score (nSPS) is 19.7. The Morgan fingerprint density at radius 1 is 1.41 bits per heavy atom. The Morgan fingerprint density at radius 3 is 2.76 bits per heavy atom. The molecule has 1 aromatic rings. The van der Waals surface area contributed by atoms with Crippen LogP contribution in [0, 0.1) is 6.92 Å². The molecular weight excluding hydrogens is 214 g/mol. The molecule has 3 N–H and O–H groups in total. The van der Waals surface area contributed by atoms with Gasteiger partial charge in [-0.2, -0.15) is 0 Å². The third kappa shape index (κ3) is 2.99. The third-order valence-corrected chi connectivity index (χ3v) is 3.11. The van der Waals surface area contributed by atoms with E-state index in [0.717, 1.165) is 29.7 Å². The largest absolute Gasteiger partial charge is 0.390 e. The van der Waals surface area contributed by atoms with Crippen LogP contribution in [-0.2, 0) is 12.8 Å². The first-order valence-corrected chi connectivity index (χ1v) is 6.14. The molecule has 0 aliphatic carbocycles. The van der Waals surface area contributed by atoms with Crippen LogP contribution >= 0.6 is 0 Å². The minimum Gasteiger partial charge on any atom is -0.390 e. The summed E-state index contributed by atoms with van der Waals surface area (Å²) in [6.45, 7) is 5.69. The van der Waals surface area contributed by atoms with Crippen LogP contribution in [0.25, 0.3) is 0 Å². The molecule has 94 valence electrons. The number of benzene rings is 1. The van der Waals surface area contributed by atoms with Crippen LogP contribution < -0.4 is 5.32 Å². The summed E-state index contributed by atoms with van der Waals surface area (Å²) in [6.07, 6.45) is 1.87. The van der Waals surface area contributed by atoms with Gasteiger partial charge in [-0.1, -0.05) is 12.1 Å². The Bertz CT molecular complexity index is 421. The van der Waals surface area contributed by atoms with E-state index in [9.17, 15) is 10.2 Å². The zero-order chi connectivity index (χ0) is 12.6. The van der Waals surface area contributed by atoms with Gasteiger partial charge in [-0.25, -0.2) is 0 Å². The fourth-order valence-electron chi connectivity index (χ4n) is 2.48. The molecule has 0 radical (unpaired) electrons. The summed E-state index contributed by atoms with van der Waals surface area (Å²) in [6, 6.07) is 4.22. The SMILES string of the molecule is Cc1cc(CC(C)(C)O)cc2c1NC(O)CC2. The van der Waals surface area contributed by atoms with Gasteiger partial charge in [-0.3, -0.25) is 0 Å². The quantitative estimate of drug-likeness (QED) is 0.734.